The molecule has 0 spiro atoms. The number of ether oxygens (including phenoxy) is 2. The van der Waals surface area contributed by atoms with Gasteiger partial charge in [-0.15, -0.1) is 39.5 Å². The Bertz CT molecular complexity index is 773. The fourth-order valence-corrected chi connectivity index (χ4v) is 1.70. The Morgan fingerprint density at radius 1 is 0.522 bits per heavy atom. The summed E-state index contributed by atoms with van der Waals surface area (Å²) in [6.07, 6.45) is 16.0. The van der Waals surface area contributed by atoms with Gasteiger partial charge in [-0.25, -0.2) is 19.2 Å². The largest absolute Gasteiger partial charge is 0.478 e. The maximum atomic E-state index is 10.5. The highest BCUT2D eigenvalue weighted by Crippen LogP contribution is 2.00. The van der Waals surface area contributed by atoms with Gasteiger partial charge in [0.1, 0.15) is 0 Å². The monoisotopic (exact) mass is 652 g/mol. The average molecular weight is 653 g/mol. The van der Waals surface area contributed by atoms with Gasteiger partial charge >= 0.3 is 23.9 Å². The van der Waals surface area contributed by atoms with E-state index in [1.165, 1.54) is 26.4 Å². The molecule has 0 aliphatic heterocycles. The van der Waals surface area contributed by atoms with Crippen molar-refractivity contribution in [2.45, 2.75) is 81.1 Å². The lowest BCUT2D eigenvalue weighted by atomic mass is 10.1. The smallest absolute Gasteiger partial charge is 0.330 e. The second kappa shape index (κ2) is 56.6. The fraction of sp³-hybridized carbons (Fsp3) is 0.474. The maximum Gasteiger partial charge on any atom is 0.330 e. The van der Waals surface area contributed by atoms with Crippen LogP contribution >= 0.6 is 0 Å². The van der Waals surface area contributed by atoms with Gasteiger partial charge in [-0.2, -0.15) is 0 Å². The molecule has 0 atom stereocenters. The molecule has 2 N–H and O–H groups in total. The topological polar surface area (TPSA) is 127 Å². The summed E-state index contributed by atoms with van der Waals surface area (Å²) in [5, 5.41) is 15.7. The zero-order chi connectivity index (χ0) is 38.5. The van der Waals surface area contributed by atoms with Gasteiger partial charge in [-0.1, -0.05) is 92.9 Å². The normalized spacial score (nSPS) is 8.65. The summed E-state index contributed by atoms with van der Waals surface area (Å²) >= 11 is 0. The van der Waals surface area contributed by atoms with Gasteiger partial charge in [0, 0.05) is 24.3 Å². The Labute approximate surface area is 282 Å². The van der Waals surface area contributed by atoms with E-state index in [0.29, 0.717) is 11.8 Å². The fourth-order valence-electron chi connectivity index (χ4n) is 1.70. The average Bonchev–Trinajstić information content (AvgIpc) is 2.99. The van der Waals surface area contributed by atoms with Crippen molar-refractivity contribution in [1.82, 2.24) is 0 Å². The molecule has 0 bridgehead atoms. The van der Waals surface area contributed by atoms with Crippen LogP contribution in [0.15, 0.2) is 101 Å². The standard InChI is InChI=1S/C8H14O2.C7H12O2.2C6H12.C4H6O2.C3H4O2.2C2H4/c1-7(2)5-4-6-8(9)10-3;1-6(2)4-3-5-7(8)9;2*1-4-5-6(2)3;1-3-4(5)6-2;1-2-3(4)5;2*1-2/h4,6-7H,5H2,1-3H3;3,5-6H,4H2,1-2H3,(H,8,9);2*4,6H,1,5H2,2-3H3;3H,1H2,2H3;2H,1H2,(H,4,5);2*1-2H2. The molecule has 0 aromatic carbocycles. The summed E-state index contributed by atoms with van der Waals surface area (Å²) < 4.78 is 8.55. The summed E-state index contributed by atoms with van der Waals surface area (Å²) in [7, 11) is 2.69. The molecule has 0 fully saturated rings. The van der Waals surface area contributed by atoms with E-state index in [0.717, 1.165) is 49.7 Å². The predicted molar refractivity (Wildman–Crippen MR) is 199 cm³/mol. The molecule has 0 amide bonds. The molecular weight excluding hydrogens is 584 g/mol. The maximum absolute atomic E-state index is 10.5. The van der Waals surface area contributed by atoms with E-state index in [1.54, 1.807) is 6.08 Å². The van der Waals surface area contributed by atoms with Gasteiger partial charge in [-0.05, 0) is 49.4 Å². The van der Waals surface area contributed by atoms with Gasteiger partial charge in [0.25, 0.3) is 0 Å². The summed E-state index contributed by atoms with van der Waals surface area (Å²) in [5.41, 5.74) is 0. The highest BCUT2D eigenvalue weighted by molar-refractivity contribution is 5.81. The Morgan fingerprint density at radius 3 is 0.935 bits per heavy atom. The van der Waals surface area contributed by atoms with E-state index in [9.17, 15) is 19.2 Å². The van der Waals surface area contributed by atoms with Gasteiger partial charge in [0.2, 0.25) is 0 Å². The van der Waals surface area contributed by atoms with Crippen LogP contribution in [-0.4, -0.2) is 48.3 Å². The molecule has 0 aromatic heterocycles. The van der Waals surface area contributed by atoms with E-state index >= 15 is 0 Å². The first-order valence-electron chi connectivity index (χ1n) is 14.8. The second-order valence-corrected chi connectivity index (χ2v) is 10.0. The molecule has 268 valence electrons. The number of carboxylic acid groups (broad SMARTS) is 2. The summed E-state index contributed by atoms with van der Waals surface area (Å²) in [4.78, 5) is 39.5. The van der Waals surface area contributed by atoms with E-state index in [2.05, 4.69) is 104 Å². The molecule has 0 radical (unpaired) electrons. The van der Waals surface area contributed by atoms with Crippen molar-refractivity contribution in [3.05, 3.63) is 101 Å². The van der Waals surface area contributed by atoms with Crippen LogP contribution in [0.25, 0.3) is 0 Å². The van der Waals surface area contributed by atoms with Crippen molar-refractivity contribution in [1.29, 1.82) is 0 Å². The molecule has 0 saturated carbocycles. The van der Waals surface area contributed by atoms with E-state index < -0.39 is 17.9 Å². The second-order valence-electron chi connectivity index (χ2n) is 10.0. The molecule has 8 heteroatoms. The van der Waals surface area contributed by atoms with Crippen molar-refractivity contribution < 1.29 is 38.9 Å². The van der Waals surface area contributed by atoms with Crippen molar-refractivity contribution in [2.75, 3.05) is 14.2 Å². The number of carboxylic acids is 2. The Balaban J connectivity index is -0.0000000623. The quantitative estimate of drug-likeness (QED) is 0.121. The van der Waals surface area contributed by atoms with Crippen LogP contribution in [0.1, 0.15) is 81.1 Å². The van der Waals surface area contributed by atoms with Crippen LogP contribution in [0.2, 0.25) is 0 Å². The number of carbonyl (C=O) groups is 4. The molecule has 0 heterocycles. The van der Waals surface area contributed by atoms with Crippen LogP contribution in [0, 0.1) is 23.7 Å². The van der Waals surface area contributed by atoms with E-state index in [-0.39, 0.29) is 5.97 Å². The van der Waals surface area contributed by atoms with Crippen LogP contribution in [0.3, 0.4) is 0 Å². The van der Waals surface area contributed by atoms with Gasteiger partial charge in [0.15, 0.2) is 0 Å². The SMILES string of the molecule is C=C.C=C.C=CC(=O)O.C=CC(=O)OC.C=CCC(C)C.C=CCC(C)C.CC(C)CC=CC(=O)O.COC(=O)C=CCC(C)C. The number of allylic oxidation sites excluding steroid dienone is 4. The lowest BCUT2D eigenvalue weighted by molar-refractivity contribution is -0.135. The third-order valence-electron chi connectivity index (χ3n) is 3.75. The molecule has 0 unspecified atom stereocenters. The third kappa shape index (κ3) is 126. The van der Waals surface area contributed by atoms with Crippen LogP contribution in [0.5, 0.6) is 0 Å². The summed E-state index contributed by atoms with van der Waals surface area (Å²) in [6, 6.07) is 0. The van der Waals surface area contributed by atoms with Gasteiger partial charge in [-0.3, -0.25) is 0 Å². The lowest BCUT2D eigenvalue weighted by Crippen LogP contribution is -1.94. The number of hydrogen-bond acceptors (Lipinski definition) is 6. The van der Waals surface area contributed by atoms with Crippen molar-refractivity contribution in [3.63, 3.8) is 0 Å². The van der Waals surface area contributed by atoms with Crippen LogP contribution in [0.4, 0.5) is 0 Å². The Kier molecular flexibility index (Phi) is 74.9. The predicted octanol–water partition coefficient (Wildman–Crippen LogP) is 10.1. The molecular formula is C38H68O8. The number of rotatable bonds is 12. The van der Waals surface area contributed by atoms with E-state index in [4.69, 9.17) is 10.2 Å². The summed E-state index contributed by atoms with van der Waals surface area (Å²) in [6.45, 7) is 42.3. The first-order valence-corrected chi connectivity index (χ1v) is 14.8. The minimum atomic E-state index is -0.981. The molecule has 0 aliphatic carbocycles. The molecule has 0 rings (SSSR count). The van der Waals surface area contributed by atoms with Crippen molar-refractivity contribution in [2.24, 2.45) is 23.7 Å². The molecule has 0 saturated heterocycles. The summed E-state index contributed by atoms with van der Waals surface area (Å²) in [5.74, 6) is 0.183. The molecule has 8 nitrogen and oxygen atoms in total. The number of hydrogen-bond donors (Lipinski definition) is 2. The highest BCUT2D eigenvalue weighted by atomic mass is 16.5. The zero-order valence-electron chi connectivity index (χ0n) is 30.8. The van der Waals surface area contributed by atoms with Crippen molar-refractivity contribution >= 4 is 23.9 Å². The minimum Gasteiger partial charge on any atom is -0.478 e. The number of aliphatic carboxylic acids is 2. The van der Waals surface area contributed by atoms with Crippen LogP contribution < -0.4 is 0 Å². The Morgan fingerprint density at radius 2 is 0.804 bits per heavy atom. The minimum absolute atomic E-state index is 0.277. The van der Waals surface area contributed by atoms with Gasteiger partial charge < -0.3 is 19.7 Å². The van der Waals surface area contributed by atoms with Gasteiger partial charge in [0.05, 0.1) is 14.2 Å². The molecule has 46 heavy (non-hydrogen) atoms. The first-order chi connectivity index (χ1) is 21.4. The molecule has 0 aliphatic rings. The van der Waals surface area contributed by atoms with Crippen molar-refractivity contribution in [3.8, 4) is 0 Å². The lowest BCUT2D eigenvalue weighted by Gasteiger charge is -1.95. The number of carbonyl (C=O) groups excluding carboxylic acids is 2. The van der Waals surface area contributed by atoms with E-state index in [1.807, 2.05) is 32.1 Å². The van der Waals surface area contributed by atoms with Crippen LogP contribution in [-0.2, 0) is 28.7 Å². The third-order valence-corrected chi connectivity index (χ3v) is 3.75. The zero-order valence-corrected chi connectivity index (χ0v) is 30.8. The number of esters is 2. The first kappa shape index (κ1) is 60.9. The highest BCUT2D eigenvalue weighted by Gasteiger charge is 1.91. The number of methoxy groups -OCH3 is 2. The molecule has 0 aromatic rings. The Hall–Kier alpha value is -4.20.